The summed E-state index contributed by atoms with van der Waals surface area (Å²) in [5.74, 6) is 1.19. The van der Waals surface area contributed by atoms with Gasteiger partial charge in [-0.15, -0.1) is 24.0 Å². The summed E-state index contributed by atoms with van der Waals surface area (Å²) in [4.78, 5) is 4.20. The fourth-order valence-electron chi connectivity index (χ4n) is 2.61. The van der Waals surface area contributed by atoms with Crippen molar-refractivity contribution in [2.24, 2.45) is 4.99 Å². The molecule has 8 heteroatoms. The van der Waals surface area contributed by atoms with E-state index in [4.69, 9.17) is 5.73 Å². The Balaban J connectivity index is 0.00000364. The third kappa shape index (κ3) is 6.43. The van der Waals surface area contributed by atoms with Crippen molar-refractivity contribution in [3.05, 3.63) is 41.6 Å². The molecule has 0 radical (unpaired) electrons. The Hall–Kier alpha value is -2.28. The van der Waals surface area contributed by atoms with Gasteiger partial charge in [-0.25, -0.2) is 4.68 Å². The zero-order chi connectivity index (χ0) is 18.8. The predicted molar refractivity (Wildman–Crippen MR) is 121 cm³/mol. The summed E-state index contributed by atoms with van der Waals surface area (Å²) in [5.41, 5.74) is 8.16. The van der Waals surface area contributed by atoms with E-state index in [2.05, 4.69) is 33.7 Å². The molecule has 0 saturated heterocycles. The first-order chi connectivity index (χ1) is 12.7. The van der Waals surface area contributed by atoms with Gasteiger partial charge in [0, 0.05) is 20.1 Å². The number of rotatable bonds is 8. The number of anilines is 1. The van der Waals surface area contributed by atoms with E-state index in [0.717, 1.165) is 49.7 Å². The third-order valence-corrected chi connectivity index (χ3v) is 4.04. The van der Waals surface area contributed by atoms with Gasteiger partial charge in [-0.3, -0.25) is 4.99 Å². The van der Waals surface area contributed by atoms with Gasteiger partial charge in [0.1, 0.15) is 17.5 Å². The van der Waals surface area contributed by atoms with E-state index in [9.17, 15) is 5.26 Å². The summed E-state index contributed by atoms with van der Waals surface area (Å²) in [6.07, 6.45) is 3.76. The van der Waals surface area contributed by atoms with E-state index in [0.29, 0.717) is 17.8 Å². The summed E-state index contributed by atoms with van der Waals surface area (Å²) in [5, 5.41) is 20.5. The zero-order valence-electron chi connectivity index (χ0n) is 15.9. The molecule has 7 nitrogen and oxygen atoms in total. The van der Waals surface area contributed by atoms with Crippen LogP contribution in [0.15, 0.2) is 35.3 Å². The van der Waals surface area contributed by atoms with Crippen LogP contribution in [-0.2, 0) is 6.42 Å². The Morgan fingerprint density at radius 2 is 1.89 bits per heavy atom. The van der Waals surface area contributed by atoms with Crippen LogP contribution in [0.2, 0.25) is 0 Å². The number of para-hydroxylation sites is 1. The number of guanidine groups is 1. The number of nitrogen functional groups attached to an aromatic ring is 1. The van der Waals surface area contributed by atoms with Crippen LogP contribution in [0.25, 0.3) is 5.69 Å². The number of benzene rings is 1. The van der Waals surface area contributed by atoms with Crippen molar-refractivity contribution in [2.75, 3.05) is 25.9 Å². The van der Waals surface area contributed by atoms with Gasteiger partial charge in [0.2, 0.25) is 0 Å². The molecule has 0 aliphatic rings. The molecule has 1 aromatic carbocycles. The number of aromatic nitrogens is 2. The molecule has 27 heavy (non-hydrogen) atoms. The van der Waals surface area contributed by atoms with E-state index in [1.54, 1.807) is 11.7 Å². The molecule has 0 spiro atoms. The number of nitriles is 1. The Labute approximate surface area is 178 Å². The van der Waals surface area contributed by atoms with Crippen molar-refractivity contribution >= 4 is 35.8 Å². The summed E-state index contributed by atoms with van der Waals surface area (Å²) >= 11 is 0. The average molecular weight is 481 g/mol. The number of aliphatic imine (C=N–C) groups is 1. The number of hydrogen-bond donors (Lipinski definition) is 3. The minimum atomic E-state index is 0. The van der Waals surface area contributed by atoms with Crippen molar-refractivity contribution in [2.45, 2.75) is 32.6 Å². The Morgan fingerprint density at radius 1 is 1.22 bits per heavy atom. The van der Waals surface area contributed by atoms with Crippen molar-refractivity contribution in [1.29, 1.82) is 5.26 Å². The van der Waals surface area contributed by atoms with Gasteiger partial charge in [0.25, 0.3) is 0 Å². The molecular formula is C19H28IN7. The first kappa shape index (κ1) is 22.8. The summed E-state index contributed by atoms with van der Waals surface area (Å²) in [7, 11) is 1.76. The molecule has 146 valence electrons. The molecule has 0 fully saturated rings. The second-order valence-corrected chi connectivity index (χ2v) is 5.95. The zero-order valence-corrected chi connectivity index (χ0v) is 18.2. The van der Waals surface area contributed by atoms with E-state index in [-0.39, 0.29) is 24.0 Å². The van der Waals surface area contributed by atoms with Crippen LogP contribution in [0.4, 0.5) is 5.82 Å². The minimum Gasteiger partial charge on any atom is -0.382 e. The maximum atomic E-state index is 9.43. The van der Waals surface area contributed by atoms with Gasteiger partial charge >= 0.3 is 0 Å². The lowest BCUT2D eigenvalue weighted by molar-refractivity contribution is 0.702. The van der Waals surface area contributed by atoms with E-state index < -0.39 is 0 Å². The van der Waals surface area contributed by atoms with Crippen molar-refractivity contribution < 1.29 is 0 Å². The lowest BCUT2D eigenvalue weighted by Crippen LogP contribution is -2.38. The van der Waals surface area contributed by atoms with Crippen molar-refractivity contribution in [3.63, 3.8) is 0 Å². The Bertz CT molecular complexity index is 762. The molecule has 0 atom stereocenters. The van der Waals surface area contributed by atoms with Gasteiger partial charge < -0.3 is 16.4 Å². The smallest absolute Gasteiger partial charge is 0.190 e. The predicted octanol–water partition coefficient (Wildman–Crippen LogP) is 2.84. The number of nitrogens with two attached hydrogens (primary N) is 1. The molecule has 0 unspecified atom stereocenters. The highest BCUT2D eigenvalue weighted by molar-refractivity contribution is 14.0. The lowest BCUT2D eigenvalue weighted by Gasteiger charge is -2.11. The molecule has 2 aromatic rings. The van der Waals surface area contributed by atoms with Crippen LogP contribution in [0.5, 0.6) is 0 Å². The standard InChI is InChI=1S/C19H27N7.HI/c1-3-4-12-23-19(22-2)24-13-8-11-17-16(14-20)18(21)26(25-17)15-9-6-5-7-10-15;/h5-7,9-10H,3-4,8,11-13,21H2,1-2H3,(H2,22,23,24);1H. The Morgan fingerprint density at radius 3 is 2.48 bits per heavy atom. The third-order valence-electron chi connectivity index (χ3n) is 4.04. The maximum Gasteiger partial charge on any atom is 0.190 e. The lowest BCUT2D eigenvalue weighted by atomic mass is 10.1. The molecule has 0 saturated carbocycles. The molecule has 4 N–H and O–H groups in total. The van der Waals surface area contributed by atoms with Crippen LogP contribution in [0, 0.1) is 11.3 Å². The number of unbranched alkanes of at least 4 members (excludes halogenated alkanes) is 1. The number of hydrogen-bond acceptors (Lipinski definition) is 4. The fraction of sp³-hybridized carbons (Fsp3) is 0.421. The molecule has 1 heterocycles. The highest BCUT2D eigenvalue weighted by atomic mass is 127. The maximum absolute atomic E-state index is 9.43. The number of aryl methyl sites for hydroxylation is 1. The quantitative estimate of drug-likeness (QED) is 0.233. The highest BCUT2D eigenvalue weighted by Crippen LogP contribution is 2.21. The number of nitrogens with zero attached hydrogens (tertiary/aromatic N) is 4. The monoisotopic (exact) mass is 481 g/mol. The van der Waals surface area contributed by atoms with E-state index >= 15 is 0 Å². The topological polar surface area (TPSA) is 104 Å². The van der Waals surface area contributed by atoms with Gasteiger partial charge in [-0.05, 0) is 31.4 Å². The van der Waals surface area contributed by atoms with Gasteiger partial charge in [-0.1, -0.05) is 31.5 Å². The van der Waals surface area contributed by atoms with Crippen LogP contribution < -0.4 is 16.4 Å². The highest BCUT2D eigenvalue weighted by Gasteiger charge is 2.16. The van der Waals surface area contributed by atoms with Crippen LogP contribution in [0.3, 0.4) is 0 Å². The molecule has 2 rings (SSSR count). The van der Waals surface area contributed by atoms with E-state index in [1.165, 1.54) is 0 Å². The fourth-order valence-corrected chi connectivity index (χ4v) is 2.61. The first-order valence-corrected chi connectivity index (χ1v) is 8.98. The SMILES string of the molecule is CCCCNC(=NC)NCCCc1nn(-c2ccccc2)c(N)c1C#N.I. The van der Waals surface area contributed by atoms with Gasteiger partial charge in [0.15, 0.2) is 5.96 Å². The second kappa shape index (κ2) is 12.2. The van der Waals surface area contributed by atoms with Crippen molar-refractivity contribution in [3.8, 4) is 11.8 Å². The minimum absolute atomic E-state index is 0. The second-order valence-electron chi connectivity index (χ2n) is 5.95. The van der Waals surface area contributed by atoms with Crippen LogP contribution in [0.1, 0.15) is 37.4 Å². The summed E-state index contributed by atoms with van der Waals surface area (Å²) < 4.78 is 1.63. The molecule has 0 bridgehead atoms. The molecule has 0 aliphatic heterocycles. The molecule has 1 aromatic heterocycles. The number of nitrogens with one attached hydrogen (secondary N) is 2. The number of halogens is 1. The van der Waals surface area contributed by atoms with E-state index in [1.807, 2.05) is 30.3 Å². The summed E-state index contributed by atoms with van der Waals surface area (Å²) in [6.45, 7) is 3.81. The van der Waals surface area contributed by atoms with Crippen LogP contribution >= 0.6 is 24.0 Å². The largest absolute Gasteiger partial charge is 0.382 e. The van der Waals surface area contributed by atoms with Crippen LogP contribution in [-0.4, -0.2) is 35.9 Å². The summed E-state index contributed by atoms with van der Waals surface area (Å²) in [6, 6.07) is 11.8. The molecule has 0 amide bonds. The first-order valence-electron chi connectivity index (χ1n) is 8.98. The van der Waals surface area contributed by atoms with Gasteiger partial charge in [0.05, 0.1) is 11.4 Å². The van der Waals surface area contributed by atoms with Gasteiger partial charge in [-0.2, -0.15) is 10.4 Å². The average Bonchev–Trinajstić information content (AvgIpc) is 2.99. The molecule has 0 aliphatic carbocycles. The normalized spacial score (nSPS) is 10.8. The Kier molecular flexibility index (Phi) is 10.3. The van der Waals surface area contributed by atoms with Crippen molar-refractivity contribution in [1.82, 2.24) is 20.4 Å². The molecular weight excluding hydrogens is 453 g/mol.